The fourth-order valence-corrected chi connectivity index (χ4v) is 2.87. The Balaban J connectivity index is 2.24. The molecule has 2 aromatic rings. The quantitative estimate of drug-likeness (QED) is 0.913. The Kier molecular flexibility index (Phi) is 4.47. The first-order chi connectivity index (χ1) is 9.61. The number of pyridine rings is 1. The minimum Gasteiger partial charge on any atom is -0.481 e. The number of carboxylic acids is 1. The number of benzene rings is 1. The molecule has 0 aliphatic heterocycles. The number of aromatic carboxylic acids is 1. The second-order valence-corrected chi connectivity index (χ2v) is 5.45. The second-order valence-electron chi connectivity index (χ2n) is 3.99. The maximum absolute atomic E-state index is 12.3. The van der Waals surface area contributed by atoms with Crippen LogP contribution in [0.2, 0.25) is 0 Å². The van der Waals surface area contributed by atoms with Crippen LogP contribution in [0.3, 0.4) is 0 Å². The van der Waals surface area contributed by atoms with E-state index in [0.717, 1.165) is 0 Å². The summed E-state index contributed by atoms with van der Waals surface area (Å²) >= 11 is 0. The Labute approximate surface area is 118 Å². The van der Waals surface area contributed by atoms with Crippen LogP contribution >= 0.6 is 0 Å². The molecule has 1 unspecified atom stereocenters. The summed E-state index contributed by atoms with van der Waals surface area (Å²) in [5.41, 5.74) is 0.836. The number of hydrogen-bond donors (Lipinski definition) is 1. The predicted molar refractivity (Wildman–Crippen MR) is 74.3 cm³/mol. The minimum absolute atomic E-state index is 0.119. The van der Waals surface area contributed by atoms with Gasteiger partial charge in [-0.25, -0.2) is 9.78 Å². The molecule has 0 aliphatic carbocycles. The van der Waals surface area contributed by atoms with Crippen LogP contribution in [0.15, 0.2) is 47.5 Å². The van der Waals surface area contributed by atoms with E-state index in [1.165, 1.54) is 19.2 Å². The van der Waals surface area contributed by atoms with Crippen molar-refractivity contribution >= 4 is 16.8 Å². The van der Waals surface area contributed by atoms with Crippen LogP contribution < -0.4 is 4.74 Å². The fourth-order valence-electron chi connectivity index (χ4n) is 1.71. The lowest BCUT2D eigenvalue weighted by Gasteiger charge is -2.07. The summed E-state index contributed by atoms with van der Waals surface area (Å²) in [5.74, 6) is -0.391. The molecule has 0 saturated heterocycles. The van der Waals surface area contributed by atoms with E-state index in [1.54, 1.807) is 30.5 Å². The summed E-state index contributed by atoms with van der Waals surface area (Å²) in [5, 5.41) is 8.93. The van der Waals surface area contributed by atoms with E-state index in [-0.39, 0.29) is 11.3 Å². The van der Waals surface area contributed by atoms with E-state index in [4.69, 9.17) is 9.84 Å². The van der Waals surface area contributed by atoms with E-state index >= 15 is 0 Å². The molecule has 1 aromatic carbocycles. The summed E-state index contributed by atoms with van der Waals surface area (Å²) in [4.78, 5) is 15.4. The number of nitrogens with zero attached hydrogens (tertiary/aromatic N) is 1. The van der Waals surface area contributed by atoms with Gasteiger partial charge in [0.25, 0.3) is 0 Å². The van der Waals surface area contributed by atoms with E-state index < -0.39 is 16.8 Å². The highest BCUT2D eigenvalue weighted by molar-refractivity contribution is 7.84. The summed E-state index contributed by atoms with van der Waals surface area (Å²) in [6, 6.07) is 9.63. The van der Waals surface area contributed by atoms with Crippen molar-refractivity contribution in [2.24, 2.45) is 0 Å². The predicted octanol–water partition coefficient (Wildman–Crippen LogP) is 2.10. The Morgan fingerprint density at radius 2 is 2.15 bits per heavy atom. The van der Waals surface area contributed by atoms with Crippen LogP contribution in [0, 0.1) is 0 Å². The average molecular weight is 291 g/mol. The molecular formula is C14H13NO4S. The van der Waals surface area contributed by atoms with Crippen molar-refractivity contribution in [3.05, 3.63) is 53.7 Å². The van der Waals surface area contributed by atoms with E-state index in [0.29, 0.717) is 16.3 Å². The largest absolute Gasteiger partial charge is 0.481 e. The molecule has 2 rings (SSSR count). The molecule has 1 N–H and O–H groups in total. The summed E-state index contributed by atoms with van der Waals surface area (Å²) in [7, 11) is 0.143. The molecule has 6 heteroatoms. The lowest BCUT2D eigenvalue weighted by molar-refractivity contribution is 0.0696. The fraction of sp³-hybridized carbons (Fsp3) is 0.143. The number of ether oxygens (including phenoxy) is 1. The number of rotatable bonds is 5. The minimum atomic E-state index is -1.36. The van der Waals surface area contributed by atoms with Crippen LogP contribution in [0.25, 0.3) is 0 Å². The van der Waals surface area contributed by atoms with Crippen molar-refractivity contribution in [2.45, 2.75) is 10.6 Å². The Morgan fingerprint density at radius 1 is 1.35 bits per heavy atom. The molecule has 0 amide bonds. The van der Waals surface area contributed by atoms with Gasteiger partial charge in [0.2, 0.25) is 5.88 Å². The van der Waals surface area contributed by atoms with Gasteiger partial charge in [-0.1, -0.05) is 12.1 Å². The van der Waals surface area contributed by atoms with Gasteiger partial charge >= 0.3 is 5.97 Å². The zero-order valence-corrected chi connectivity index (χ0v) is 11.6. The van der Waals surface area contributed by atoms with Crippen molar-refractivity contribution in [1.29, 1.82) is 0 Å². The molecule has 0 bridgehead atoms. The topological polar surface area (TPSA) is 76.5 Å². The number of methoxy groups -OCH3 is 1. The number of carboxylic acid groups (broad SMARTS) is 1. The van der Waals surface area contributed by atoms with Crippen molar-refractivity contribution < 1.29 is 18.8 Å². The van der Waals surface area contributed by atoms with Crippen molar-refractivity contribution in [3.63, 3.8) is 0 Å². The third kappa shape index (κ3) is 3.21. The summed E-state index contributed by atoms with van der Waals surface area (Å²) < 4.78 is 17.4. The molecule has 0 spiro atoms. The van der Waals surface area contributed by atoms with Crippen molar-refractivity contribution in [1.82, 2.24) is 4.98 Å². The Bertz CT molecular complexity index is 657. The zero-order valence-electron chi connectivity index (χ0n) is 10.8. The van der Waals surface area contributed by atoms with Crippen LogP contribution in [-0.4, -0.2) is 27.4 Å². The van der Waals surface area contributed by atoms with Crippen LogP contribution in [-0.2, 0) is 16.6 Å². The van der Waals surface area contributed by atoms with Crippen LogP contribution in [0.5, 0.6) is 5.88 Å². The second kappa shape index (κ2) is 6.29. The maximum atomic E-state index is 12.3. The molecule has 1 heterocycles. The highest BCUT2D eigenvalue weighted by Gasteiger charge is 2.12. The van der Waals surface area contributed by atoms with E-state index in [9.17, 15) is 9.00 Å². The monoisotopic (exact) mass is 291 g/mol. The molecule has 0 saturated carbocycles. The molecule has 0 fully saturated rings. The molecule has 104 valence electrons. The Hall–Kier alpha value is -2.21. The van der Waals surface area contributed by atoms with Crippen LogP contribution in [0.1, 0.15) is 15.9 Å². The molecule has 0 aliphatic rings. The van der Waals surface area contributed by atoms with E-state index in [1.807, 2.05) is 0 Å². The standard InChI is InChI=1S/C14H13NO4S/c1-19-13-11(5-3-7-15-13)9-20(18)12-6-2-4-10(8-12)14(16)17/h2-8H,9H2,1H3,(H,16,17). The molecule has 0 radical (unpaired) electrons. The first kappa shape index (κ1) is 14.2. The smallest absolute Gasteiger partial charge is 0.335 e. The zero-order chi connectivity index (χ0) is 14.5. The maximum Gasteiger partial charge on any atom is 0.335 e. The van der Waals surface area contributed by atoms with Crippen molar-refractivity contribution in [2.75, 3.05) is 7.11 Å². The average Bonchev–Trinajstić information content (AvgIpc) is 2.48. The highest BCUT2D eigenvalue weighted by Crippen LogP contribution is 2.19. The molecular weight excluding hydrogens is 278 g/mol. The van der Waals surface area contributed by atoms with Crippen molar-refractivity contribution in [3.8, 4) is 5.88 Å². The SMILES string of the molecule is COc1ncccc1CS(=O)c1cccc(C(=O)O)c1. The van der Waals surface area contributed by atoms with Gasteiger partial charge in [-0.15, -0.1) is 0 Å². The lowest BCUT2D eigenvalue weighted by atomic mass is 10.2. The molecule has 1 atom stereocenters. The van der Waals surface area contributed by atoms with Gasteiger partial charge < -0.3 is 9.84 Å². The third-order valence-electron chi connectivity index (χ3n) is 2.67. The first-order valence-corrected chi connectivity index (χ1v) is 7.13. The molecule has 20 heavy (non-hydrogen) atoms. The lowest BCUT2D eigenvalue weighted by Crippen LogP contribution is -2.02. The van der Waals surface area contributed by atoms with Gasteiger partial charge in [-0.2, -0.15) is 0 Å². The van der Waals surface area contributed by atoms with Gasteiger partial charge in [-0.3, -0.25) is 4.21 Å². The van der Waals surface area contributed by atoms with Gasteiger partial charge in [0.05, 0.1) is 29.2 Å². The Morgan fingerprint density at radius 3 is 2.85 bits per heavy atom. The van der Waals surface area contributed by atoms with Gasteiger partial charge in [0, 0.05) is 16.7 Å². The van der Waals surface area contributed by atoms with E-state index in [2.05, 4.69) is 4.98 Å². The molecule has 5 nitrogen and oxygen atoms in total. The number of aromatic nitrogens is 1. The van der Waals surface area contributed by atoms with Crippen LogP contribution in [0.4, 0.5) is 0 Å². The van der Waals surface area contributed by atoms with Gasteiger partial charge in [0.15, 0.2) is 0 Å². The number of carbonyl (C=O) groups is 1. The summed E-state index contributed by atoms with van der Waals surface area (Å²) in [6.07, 6.45) is 1.59. The number of hydrogen-bond acceptors (Lipinski definition) is 4. The van der Waals surface area contributed by atoms with Gasteiger partial charge in [-0.05, 0) is 24.3 Å². The van der Waals surface area contributed by atoms with Gasteiger partial charge in [0.1, 0.15) is 0 Å². The third-order valence-corrected chi connectivity index (χ3v) is 4.03. The molecule has 1 aromatic heterocycles. The highest BCUT2D eigenvalue weighted by atomic mass is 32.2. The summed E-state index contributed by atoms with van der Waals surface area (Å²) in [6.45, 7) is 0. The normalized spacial score (nSPS) is 11.8. The first-order valence-electron chi connectivity index (χ1n) is 5.81.